The van der Waals surface area contributed by atoms with E-state index in [9.17, 15) is 9.59 Å². The zero-order valence-corrected chi connectivity index (χ0v) is 19.6. The molecule has 9 heteroatoms. The number of carbonyl (C=O) groups excluding carboxylic acids is 1. The Hall–Kier alpha value is -3.30. The van der Waals surface area contributed by atoms with E-state index in [1.54, 1.807) is 45.0 Å². The standard InChI is InChI=1S/C23H21N3O4S2/c1-14-19(22(28)26(24(14)2)16-10-6-5-7-11-16)25-21(27)18(32-23(25)31)13-15-9-8-12-17(29-3)20(15)30-4/h5-13H,1-4H3. The molecular formula is C23H21N3O4S2. The predicted octanol–water partition coefficient (Wildman–Crippen LogP) is 3.91. The third kappa shape index (κ3) is 3.53. The van der Waals surface area contributed by atoms with Crippen molar-refractivity contribution < 1.29 is 14.3 Å². The van der Waals surface area contributed by atoms with Crippen molar-refractivity contribution in [3.8, 4) is 17.2 Å². The maximum absolute atomic E-state index is 13.4. The lowest BCUT2D eigenvalue weighted by molar-refractivity contribution is -0.113. The number of rotatable bonds is 5. The van der Waals surface area contributed by atoms with Gasteiger partial charge in [-0.2, -0.15) is 0 Å². The zero-order chi connectivity index (χ0) is 23.0. The minimum atomic E-state index is -0.351. The largest absolute Gasteiger partial charge is 0.493 e. The van der Waals surface area contributed by atoms with Crippen molar-refractivity contribution in [1.82, 2.24) is 9.36 Å². The Bertz CT molecular complexity index is 1310. The number of benzene rings is 2. The molecule has 0 saturated carbocycles. The fraction of sp³-hybridized carbons (Fsp3) is 0.174. The summed E-state index contributed by atoms with van der Waals surface area (Å²) in [6, 6.07) is 14.7. The summed E-state index contributed by atoms with van der Waals surface area (Å²) in [4.78, 5) is 28.4. The lowest BCUT2D eigenvalue weighted by Gasteiger charge is -2.12. The first-order chi connectivity index (χ1) is 15.4. The van der Waals surface area contributed by atoms with Gasteiger partial charge in [0.05, 0.1) is 30.5 Å². The Labute approximate surface area is 194 Å². The summed E-state index contributed by atoms with van der Waals surface area (Å²) in [5, 5.41) is 0. The van der Waals surface area contributed by atoms with E-state index in [0.29, 0.717) is 37.7 Å². The highest BCUT2D eigenvalue weighted by Crippen LogP contribution is 2.39. The van der Waals surface area contributed by atoms with E-state index >= 15 is 0 Å². The van der Waals surface area contributed by atoms with E-state index in [1.165, 1.54) is 9.58 Å². The van der Waals surface area contributed by atoms with E-state index < -0.39 is 0 Å². The number of amides is 1. The first-order valence-electron chi connectivity index (χ1n) is 9.72. The summed E-state index contributed by atoms with van der Waals surface area (Å²) >= 11 is 6.65. The Kier molecular flexibility index (Phi) is 5.94. The SMILES string of the molecule is COc1cccc(C=C2SC(=S)N(c3c(C)n(C)n(-c4ccccc4)c3=O)C2=O)c1OC. The number of nitrogens with zero attached hydrogens (tertiary/aromatic N) is 3. The molecular weight excluding hydrogens is 446 g/mol. The molecule has 0 unspecified atom stereocenters. The van der Waals surface area contributed by atoms with E-state index in [4.69, 9.17) is 21.7 Å². The second-order valence-electron chi connectivity index (χ2n) is 7.01. The Morgan fingerprint density at radius 2 is 1.72 bits per heavy atom. The van der Waals surface area contributed by atoms with Gasteiger partial charge < -0.3 is 9.47 Å². The Balaban J connectivity index is 1.79. The molecule has 1 aliphatic heterocycles. The lowest BCUT2D eigenvalue weighted by Crippen LogP contribution is -2.33. The monoisotopic (exact) mass is 467 g/mol. The van der Waals surface area contributed by atoms with Gasteiger partial charge in [-0.1, -0.05) is 54.3 Å². The van der Waals surface area contributed by atoms with Crippen molar-refractivity contribution in [3.05, 3.63) is 75.0 Å². The maximum atomic E-state index is 13.4. The molecule has 0 bridgehead atoms. The van der Waals surface area contributed by atoms with Gasteiger partial charge in [0.15, 0.2) is 15.8 Å². The number of hydrogen-bond acceptors (Lipinski definition) is 6. The minimum Gasteiger partial charge on any atom is -0.493 e. The average Bonchev–Trinajstić information content (AvgIpc) is 3.19. The smallest absolute Gasteiger partial charge is 0.296 e. The Morgan fingerprint density at radius 3 is 2.38 bits per heavy atom. The highest BCUT2D eigenvalue weighted by Gasteiger charge is 2.38. The van der Waals surface area contributed by atoms with Gasteiger partial charge in [-0.3, -0.25) is 19.2 Å². The van der Waals surface area contributed by atoms with Gasteiger partial charge in [-0.15, -0.1) is 0 Å². The molecule has 1 saturated heterocycles. The van der Waals surface area contributed by atoms with Crippen molar-refractivity contribution in [3.63, 3.8) is 0 Å². The number of carbonyl (C=O) groups is 1. The highest BCUT2D eigenvalue weighted by atomic mass is 32.2. The van der Waals surface area contributed by atoms with Crippen molar-refractivity contribution >= 4 is 46.0 Å². The van der Waals surface area contributed by atoms with Crippen LogP contribution in [0.15, 0.2) is 58.2 Å². The second kappa shape index (κ2) is 8.68. The summed E-state index contributed by atoms with van der Waals surface area (Å²) < 4.78 is 14.4. The van der Waals surface area contributed by atoms with Crippen molar-refractivity contribution in [1.29, 1.82) is 0 Å². The van der Waals surface area contributed by atoms with E-state index in [-0.39, 0.29) is 17.2 Å². The van der Waals surface area contributed by atoms with Gasteiger partial charge in [-0.25, -0.2) is 4.68 Å². The number of hydrogen-bond donors (Lipinski definition) is 0. The molecule has 3 aromatic rings. The van der Waals surface area contributed by atoms with Crippen molar-refractivity contribution in [2.45, 2.75) is 6.92 Å². The van der Waals surface area contributed by atoms with Crippen molar-refractivity contribution in [2.75, 3.05) is 19.1 Å². The summed E-state index contributed by atoms with van der Waals surface area (Å²) in [5.74, 6) is 0.722. The number of thiocarbonyl (C=S) groups is 1. The molecule has 1 fully saturated rings. The number of aromatic nitrogens is 2. The van der Waals surface area contributed by atoms with E-state index in [2.05, 4.69) is 0 Å². The lowest BCUT2D eigenvalue weighted by atomic mass is 10.1. The van der Waals surface area contributed by atoms with Crippen LogP contribution < -0.4 is 19.9 Å². The zero-order valence-electron chi connectivity index (χ0n) is 18.0. The second-order valence-corrected chi connectivity index (χ2v) is 8.69. The average molecular weight is 468 g/mol. The molecule has 0 radical (unpaired) electrons. The summed E-state index contributed by atoms with van der Waals surface area (Å²) in [7, 11) is 4.87. The number of methoxy groups -OCH3 is 2. The first-order valence-corrected chi connectivity index (χ1v) is 10.9. The molecule has 0 spiro atoms. The van der Waals surface area contributed by atoms with Gasteiger partial charge in [0.25, 0.3) is 11.5 Å². The van der Waals surface area contributed by atoms with Crippen LogP contribution in [0.2, 0.25) is 0 Å². The highest BCUT2D eigenvalue weighted by molar-refractivity contribution is 8.27. The van der Waals surface area contributed by atoms with Gasteiger partial charge >= 0.3 is 0 Å². The summed E-state index contributed by atoms with van der Waals surface area (Å²) in [5.41, 5.74) is 1.96. The van der Waals surface area contributed by atoms with Crippen molar-refractivity contribution in [2.24, 2.45) is 7.05 Å². The fourth-order valence-corrected chi connectivity index (χ4v) is 4.90. The molecule has 2 aromatic carbocycles. The van der Waals surface area contributed by atoms with Crippen LogP contribution in [-0.4, -0.2) is 33.8 Å². The van der Waals surface area contributed by atoms with Gasteiger partial charge in [0.2, 0.25) is 0 Å². The van der Waals surface area contributed by atoms with Gasteiger partial charge in [0, 0.05) is 12.6 Å². The van der Waals surface area contributed by atoms with Crippen LogP contribution in [0.5, 0.6) is 11.5 Å². The quantitative estimate of drug-likeness (QED) is 0.419. The molecule has 32 heavy (non-hydrogen) atoms. The van der Waals surface area contributed by atoms with E-state index in [1.807, 2.05) is 42.5 Å². The third-order valence-corrected chi connectivity index (χ3v) is 6.56. The first kappa shape index (κ1) is 21.9. The normalized spacial score (nSPS) is 15.0. The molecule has 0 N–H and O–H groups in total. The molecule has 0 atom stereocenters. The third-order valence-electron chi connectivity index (χ3n) is 5.26. The molecule has 4 rings (SSSR count). The number of anilines is 1. The Morgan fingerprint density at radius 1 is 1.00 bits per heavy atom. The van der Waals surface area contributed by atoms with Gasteiger partial charge in [-0.05, 0) is 31.2 Å². The fourth-order valence-electron chi connectivity index (χ4n) is 3.64. The number of thioether (sulfide) groups is 1. The molecule has 7 nitrogen and oxygen atoms in total. The van der Waals surface area contributed by atoms with Crippen LogP contribution in [0.4, 0.5) is 5.69 Å². The van der Waals surface area contributed by atoms with Gasteiger partial charge in [0.1, 0.15) is 5.69 Å². The van der Waals surface area contributed by atoms with Crippen LogP contribution >= 0.6 is 24.0 Å². The summed E-state index contributed by atoms with van der Waals surface area (Å²) in [6.45, 7) is 1.80. The van der Waals surface area contributed by atoms with Crippen LogP contribution in [0.25, 0.3) is 11.8 Å². The number of para-hydroxylation sites is 2. The van der Waals surface area contributed by atoms with E-state index in [0.717, 1.165) is 11.8 Å². The molecule has 1 aromatic heterocycles. The molecule has 2 heterocycles. The molecule has 1 aliphatic rings. The molecule has 1 amide bonds. The summed E-state index contributed by atoms with van der Waals surface area (Å²) in [6.07, 6.45) is 1.70. The van der Waals surface area contributed by atoms with Crippen LogP contribution in [0, 0.1) is 6.92 Å². The minimum absolute atomic E-state index is 0.250. The predicted molar refractivity (Wildman–Crippen MR) is 131 cm³/mol. The maximum Gasteiger partial charge on any atom is 0.296 e. The molecule has 164 valence electrons. The van der Waals surface area contributed by atoms with Crippen LogP contribution in [0.1, 0.15) is 11.3 Å². The van der Waals surface area contributed by atoms with Crippen LogP contribution in [-0.2, 0) is 11.8 Å². The topological polar surface area (TPSA) is 65.7 Å². The number of ether oxygens (including phenoxy) is 2. The van der Waals surface area contributed by atoms with Crippen LogP contribution in [0.3, 0.4) is 0 Å². The molecule has 0 aliphatic carbocycles.